The summed E-state index contributed by atoms with van der Waals surface area (Å²) in [5, 5.41) is 3.18. The maximum absolute atomic E-state index is 2.99. The summed E-state index contributed by atoms with van der Waals surface area (Å²) >= 11 is 0. The van der Waals surface area contributed by atoms with Gasteiger partial charge in [-0.15, -0.1) is 0 Å². The zero-order valence-electron chi connectivity index (χ0n) is 47.0. The van der Waals surface area contributed by atoms with E-state index in [-0.39, 0.29) is 39.5 Å². The van der Waals surface area contributed by atoms with Crippen LogP contribution in [-0.4, -0.2) is 33.9 Å². The van der Waals surface area contributed by atoms with Crippen LogP contribution < -0.4 is 41.5 Å². The topological polar surface area (TPSA) is 9.72 Å². The minimum Gasteiger partial charge on any atom is -0.335 e. The lowest BCUT2D eigenvalue weighted by atomic mass is 9.33. The Hall–Kier alpha value is -4.78. The van der Waals surface area contributed by atoms with Crippen LogP contribution in [0.5, 0.6) is 0 Å². The van der Waals surface area contributed by atoms with Gasteiger partial charge in [0, 0.05) is 50.5 Å². The molecule has 2 saturated carbocycles. The van der Waals surface area contributed by atoms with Gasteiger partial charge in [-0.3, -0.25) is 0 Å². The second-order valence-electron chi connectivity index (χ2n) is 28.5. The molecule has 2 fully saturated rings. The van der Waals surface area contributed by atoms with E-state index in [0.717, 1.165) is 0 Å². The normalized spacial score (nSPS) is 25.2. The van der Waals surface area contributed by atoms with Crippen molar-refractivity contribution in [3.8, 4) is 11.1 Å². The van der Waals surface area contributed by atoms with E-state index in [4.69, 9.17) is 0 Å². The van der Waals surface area contributed by atoms with Gasteiger partial charge in [0.25, 0.3) is 6.71 Å². The molecule has 4 atom stereocenters. The lowest BCUT2D eigenvalue weighted by Gasteiger charge is -2.54. The summed E-state index contributed by atoms with van der Waals surface area (Å²) in [5.41, 5.74) is 22.4. The third-order valence-electron chi connectivity index (χ3n) is 20.2. The molecule has 372 valence electrons. The highest BCUT2D eigenvalue weighted by Crippen LogP contribution is 2.65. The van der Waals surface area contributed by atoms with E-state index in [2.05, 4.69) is 232 Å². The number of nitrogens with zero attached hydrogens (tertiary/aromatic N) is 3. The molecule has 4 aliphatic heterocycles. The summed E-state index contributed by atoms with van der Waals surface area (Å²) in [6.45, 7) is 40.3. The quantitative estimate of drug-likeness (QED) is 0.159. The van der Waals surface area contributed by atoms with Gasteiger partial charge in [-0.05, 0) is 131 Å². The van der Waals surface area contributed by atoms with Gasteiger partial charge in [-0.25, -0.2) is 0 Å². The molecule has 6 aliphatic rings. The third-order valence-corrected chi connectivity index (χ3v) is 24.2. The van der Waals surface area contributed by atoms with E-state index in [1.165, 1.54) is 130 Å². The number of anilines is 7. The van der Waals surface area contributed by atoms with Crippen molar-refractivity contribution in [1.29, 1.82) is 0 Å². The van der Waals surface area contributed by atoms with Crippen molar-refractivity contribution in [1.82, 2.24) is 0 Å². The van der Waals surface area contributed by atoms with Gasteiger partial charge in [0.15, 0.2) is 0 Å². The molecular formula is C66H82BN3Si2. The Kier molecular flexibility index (Phi) is 10.3. The first kappa shape index (κ1) is 48.2. The van der Waals surface area contributed by atoms with Crippen LogP contribution in [0.25, 0.3) is 11.1 Å². The maximum atomic E-state index is 2.99. The predicted molar refractivity (Wildman–Crippen MR) is 320 cm³/mol. The van der Waals surface area contributed by atoms with Crippen molar-refractivity contribution in [3.63, 3.8) is 0 Å². The molecule has 0 saturated heterocycles. The van der Waals surface area contributed by atoms with Gasteiger partial charge in [0.1, 0.15) is 0 Å². The Bertz CT molecular complexity index is 3240. The highest BCUT2D eigenvalue weighted by atomic mass is 28.3. The Morgan fingerprint density at radius 3 is 1.67 bits per heavy atom. The molecule has 4 heterocycles. The molecule has 0 bridgehead atoms. The lowest BCUT2D eigenvalue weighted by molar-refractivity contribution is 0.194. The average molecular weight is 984 g/mol. The first-order valence-electron chi connectivity index (χ1n) is 28.0. The van der Waals surface area contributed by atoms with Crippen LogP contribution in [0.1, 0.15) is 143 Å². The molecule has 3 nitrogen and oxygen atoms in total. The summed E-state index contributed by atoms with van der Waals surface area (Å²) in [5.74, 6) is 0. The maximum Gasteiger partial charge on any atom is 0.252 e. The molecule has 0 radical (unpaired) electrons. The van der Waals surface area contributed by atoms with Crippen LogP contribution in [0.3, 0.4) is 0 Å². The molecule has 12 rings (SSSR count). The van der Waals surface area contributed by atoms with Gasteiger partial charge in [-0.1, -0.05) is 204 Å². The van der Waals surface area contributed by atoms with Crippen LogP contribution in [0.2, 0.25) is 39.3 Å². The second kappa shape index (κ2) is 15.4. The average Bonchev–Trinajstić information content (AvgIpc) is 3.66. The van der Waals surface area contributed by atoms with Crippen LogP contribution >= 0.6 is 0 Å². The van der Waals surface area contributed by atoms with E-state index in [1.54, 1.807) is 21.5 Å². The molecule has 0 spiro atoms. The minimum atomic E-state index is -1.76. The van der Waals surface area contributed by atoms with Crippen LogP contribution in [0, 0.1) is 0 Å². The summed E-state index contributed by atoms with van der Waals surface area (Å²) in [6.07, 6.45) is 9.89. The molecule has 4 unspecified atom stereocenters. The first-order valence-corrected chi connectivity index (χ1v) is 35.0. The smallest absolute Gasteiger partial charge is 0.252 e. The Morgan fingerprint density at radius 1 is 0.472 bits per heavy atom. The first-order chi connectivity index (χ1) is 33.7. The van der Waals surface area contributed by atoms with Crippen molar-refractivity contribution >= 4 is 89.4 Å². The molecule has 72 heavy (non-hydrogen) atoms. The number of benzene rings is 6. The molecular weight excluding hydrogens is 902 g/mol. The zero-order chi connectivity index (χ0) is 51.1. The fourth-order valence-corrected chi connectivity index (χ4v) is 17.6. The molecule has 6 aromatic carbocycles. The molecule has 0 amide bonds. The fraction of sp³-hybridized carbons (Fsp3) is 0.455. The lowest BCUT2D eigenvalue weighted by Crippen LogP contribution is -2.65. The molecule has 6 heteroatoms. The minimum absolute atomic E-state index is 0.0145. The van der Waals surface area contributed by atoms with Crippen molar-refractivity contribution < 1.29 is 0 Å². The number of fused-ring (bicyclic) bond motifs is 10. The van der Waals surface area contributed by atoms with Gasteiger partial charge in [-0.2, -0.15) is 0 Å². The zero-order valence-corrected chi connectivity index (χ0v) is 49.0. The summed E-state index contributed by atoms with van der Waals surface area (Å²) in [6, 6.07) is 45.1. The van der Waals surface area contributed by atoms with E-state index < -0.39 is 16.1 Å². The summed E-state index contributed by atoms with van der Waals surface area (Å²) in [7, 11) is -3.36. The Morgan fingerprint density at radius 2 is 1.03 bits per heavy atom. The van der Waals surface area contributed by atoms with Gasteiger partial charge >= 0.3 is 0 Å². The number of hydrogen-bond acceptors (Lipinski definition) is 3. The SMILES string of the molecule is CC(C)(C)c1ccc(N2c3cc(C(C)(C)C)ccc3B3c4cc([Si](C)(C)C)cc5c4N(c4cc(N6c7ccc([Si](C)(C)C)cc7C7(C)CCCCC67C)cc2c43)C2(C)CCCCC52C)c(-c2ccccc2)c1. The largest absolute Gasteiger partial charge is 0.335 e. The Labute approximate surface area is 436 Å². The van der Waals surface area contributed by atoms with E-state index in [0.29, 0.717) is 0 Å². The van der Waals surface area contributed by atoms with Gasteiger partial charge in [0.05, 0.1) is 32.9 Å². The van der Waals surface area contributed by atoms with Crippen molar-refractivity contribution in [2.45, 2.75) is 193 Å². The summed E-state index contributed by atoms with van der Waals surface area (Å²) < 4.78 is 0. The van der Waals surface area contributed by atoms with Crippen LogP contribution in [0.15, 0.2) is 109 Å². The van der Waals surface area contributed by atoms with E-state index in [9.17, 15) is 0 Å². The molecule has 6 aromatic rings. The molecule has 0 aromatic heterocycles. The van der Waals surface area contributed by atoms with Gasteiger partial charge in [0.2, 0.25) is 0 Å². The van der Waals surface area contributed by atoms with Crippen LogP contribution in [-0.2, 0) is 21.7 Å². The van der Waals surface area contributed by atoms with Crippen molar-refractivity contribution in [2.75, 3.05) is 14.7 Å². The number of hydrogen-bond donors (Lipinski definition) is 0. The van der Waals surface area contributed by atoms with Crippen LogP contribution in [0.4, 0.5) is 39.8 Å². The second-order valence-corrected chi connectivity index (χ2v) is 38.7. The summed E-state index contributed by atoms with van der Waals surface area (Å²) in [4.78, 5) is 8.67. The van der Waals surface area contributed by atoms with Crippen molar-refractivity contribution in [2.24, 2.45) is 0 Å². The highest BCUT2D eigenvalue weighted by molar-refractivity contribution is 7.01. The fourth-order valence-electron chi connectivity index (χ4n) is 15.3. The van der Waals surface area contributed by atoms with E-state index >= 15 is 0 Å². The Balaban J connectivity index is 1.25. The third kappa shape index (κ3) is 6.58. The highest BCUT2D eigenvalue weighted by Gasteiger charge is 2.63. The molecule has 0 N–H and O–H groups in total. The predicted octanol–water partition coefficient (Wildman–Crippen LogP) is 15.1. The monoisotopic (exact) mass is 984 g/mol. The standard InChI is InChI=1S/C66H82BN3Si2/c1-61(2,3)44-27-30-54(49(36-44)43-24-18-17-19-25-43)68-56-37-45(62(4,5)6)26-29-52(56)67-53-42-48(72(14,15)16)41-51-60(53)70(66(10)35-23-21-33-64(51,66)8)58-39-46(38-57(68)59(58)67)69-55-31-28-47(71(11,12)13)40-50(55)63(7)32-20-22-34-65(63,69)9/h17-19,24-31,36-42H,20-23,32-35H2,1-16H3. The number of rotatable bonds is 5. The van der Waals surface area contributed by atoms with E-state index in [1.807, 2.05) is 0 Å². The molecule has 2 aliphatic carbocycles. The van der Waals surface area contributed by atoms with Gasteiger partial charge < -0.3 is 14.7 Å². The van der Waals surface area contributed by atoms with Crippen molar-refractivity contribution in [3.05, 3.63) is 131 Å².